The predicted octanol–water partition coefficient (Wildman–Crippen LogP) is 2.62. The van der Waals surface area contributed by atoms with E-state index in [2.05, 4.69) is 19.9 Å². The third-order valence-electron chi connectivity index (χ3n) is 1.43. The van der Waals surface area contributed by atoms with Crippen LogP contribution in [0.4, 0.5) is 0 Å². The summed E-state index contributed by atoms with van der Waals surface area (Å²) in [6.45, 7) is 6.34. The molecule has 0 rings (SSSR count). The van der Waals surface area contributed by atoms with E-state index in [9.17, 15) is 0 Å². The van der Waals surface area contributed by atoms with Gasteiger partial charge in [-0.05, 0) is 30.7 Å². The molecule has 0 saturated carbocycles. The van der Waals surface area contributed by atoms with Crippen molar-refractivity contribution in [3.8, 4) is 0 Å². The van der Waals surface area contributed by atoms with Gasteiger partial charge in [0.1, 0.15) is 0 Å². The zero-order chi connectivity index (χ0) is 8.69. The van der Waals surface area contributed by atoms with Gasteiger partial charge in [-0.15, -0.1) is 0 Å². The van der Waals surface area contributed by atoms with Crippen LogP contribution >= 0.6 is 0 Å². The Morgan fingerprint density at radius 2 is 2.00 bits per heavy atom. The third-order valence-corrected chi connectivity index (χ3v) is 1.43. The van der Waals surface area contributed by atoms with Gasteiger partial charge in [0.15, 0.2) is 0 Å². The van der Waals surface area contributed by atoms with Crippen molar-refractivity contribution >= 4 is 0 Å². The largest absolute Gasteiger partial charge is 0.405 e. The zero-order valence-corrected chi connectivity index (χ0v) is 7.54. The molecule has 0 aliphatic rings. The molecule has 2 N–H and O–H groups in total. The van der Waals surface area contributed by atoms with Crippen LogP contribution in [-0.4, -0.2) is 0 Å². The summed E-state index contributed by atoms with van der Waals surface area (Å²) in [5.41, 5.74) is 6.52. The summed E-state index contributed by atoms with van der Waals surface area (Å²) in [6, 6.07) is 0. The van der Waals surface area contributed by atoms with Crippen LogP contribution in [0.3, 0.4) is 0 Å². The van der Waals surface area contributed by atoms with Crippen molar-refractivity contribution < 1.29 is 0 Å². The number of allylic oxidation sites excluding steroid dienone is 5. The van der Waals surface area contributed by atoms with E-state index in [-0.39, 0.29) is 0 Å². The highest BCUT2D eigenvalue weighted by atomic mass is 14.5. The van der Waals surface area contributed by atoms with Gasteiger partial charge >= 0.3 is 0 Å². The van der Waals surface area contributed by atoms with E-state index in [1.54, 1.807) is 6.20 Å². The molecule has 0 spiro atoms. The Morgan fingerprint density at radius 3 is 2.36 bits per heavy atom. The molecule has 0 aliphatic heterocycles. The minimum atomic E-state index is 0.558. The second kappa shape index (κ2) is 5.78. The van der Waals surface area contributed by atoms with Crippen LogP contribution in [0.15, 0.2) is 36.1 Å². The highest BCUT2D eigenvalue weighted by Crippen LogP contribution is 2.10. The Balaban J connectivity index is 4.32. The fourth-order valence-electron chi connectivity index (χ4n) is 0.800. The summed E-state index contributed by atoms with van der Waals surface area (Å²) in [5, 5.41) is 0. The molecule has 0 bridgehead atoms. The summed E-state index contributed by atoms with van der Waals surface area (Å²) >= 11 is 0. The topological polar surface area (TPSA) is 26.0 Å². The number of hydrogen-bond donors (Lipinski definition) is 1. The second-order valence-corrected chi connectivity index (χ2v) is 2.71. The van der Waals surface area contributed by atoms with Crippen molar-refractivity contribution in [2.24, 2.45) is 11.7 Å². The van der Waals surface area contributed by atoms with E-state index in [1.165, 1.54) is 5.57 Å². The molecule has 0 amide bonds. The minimum Gasteiger partial charge on any atom is -0.405 e. The summed E-state index contributed by atoms with van der Waals surface area (Å²) in [4.78, 5) is 0. The number of rotatable bonds is 3. The first-order valence-electron chi connectivity index (χ1n) is 3.93. The molecule has 0 heterocycles. The van der Waals surface area contributed by atoms with Gasteiger partial charge < -0.3 is 5.73 Å². The molecule has 0 unspecified atom stereocenters. The SMILES string of the molecule is C\C=C/C(=C\C=C\N)C(C)C. The van der Waals surface area contributed by atoms with Gasteiger partial charge in [0.25, 0.3) is 0 Å². The highest BCUT2D eigenvalue weighted by Gasteiger charge is 1.95. The van der Waals surface area contributed by atoms with Gasteiger partial charge in [-0.1, -0.05) is 32.1 Å². The summed E-state index contributed by atoms with van der Waals surface area (Å²) in [5.74, 6) is 0.558. The lowest BCUT2D eigenvalue weighted by atomic mass is 10.0. The average Bonchev–Trinajstić information content (AvgIpc) is 1.97. The molecular weight excluding hydrogens is 134 g/mol. The zero-order valence-electron chi connectivity index (χ0n) is 7.54. The van der Waals surface area contributed by atoms with Crippen molar-refractivity contribution in [1.82, 2.24) is 0 Å². The van der Waals surface area contributed by atoms with Crippen LogP contribution in [0.5, 0.6) is 0 Å². The molecule has 0 aromatic carbocycles. The van der Waals surface area contributed by atoms with Crippen LogP contribution in [-0.2, 0) is 0 Å². The molecule has 1 nitrogen and oxygen atoms in total. The van der Waals surface area contributed by atoms with Crippen LogP contribution in [0.1, 0.15) is 20.8 Å². The normalized spacial score (nSPS) is 14.0. The van der Waals surface area contributed by atoms with Crippen LogP contribution in [0.25, 0.3) is 0 Å². The predicted molar refractivity (Wildman–Crippen MR) is 51.1 cm³/mol. The van der Waals surface area contributed by atoms with Crippen molar-refractivity contribution in [2.75, 3.05) is 0 Å². The van der Waals surface area contributed by atoms with Crippen molar-refractivity contribution in [3.05, 3.63) is 36.1 Å². The van der Waals surface area contributed by atoms with Gasteiger partial charge in [-0.3, -0.25) is 0 Å². The van der Waals surface area contributed by atoms with Gasteiger partial charge in [0, 0.05) is 0 Å². The first kappa shape index (κ1) is 10.0. The quantitative estimate of drug-likeness (QED) is 0.616. The van der Waals surface area contributed by atoms with E-state index in [0.29, 0.717) is 5.92 Å². The Bertz CT molecular complexity index is 173. The Kier molecular flexibility index (Phi) is 5.26. The maximum absolute atomic E-state index is 5.22. The molecule has 62 valence electrons. The van der Waals surface area contributed by atoms with E-state index >= 15 is 0 Å². The van der Waals surface area contributed by atoms with Crippen LogP contribution < -0.4 is 5.73 Å². The average molecular weight is 151 g/mol. The molecule has 0 fully saturated rings. The van der Waals surface area contributed by atoms with Crippen molar-refractivity contribution in [1.29, 1.82) is 0 Å². The molecule has 1 heteroatoms. The van der Waals surface area contributed by atoms with Gasteiger partial charge in [0.2, 0.25) is 0 Å². The molecule has 11 heavy (non-hydrogen) atoms. The van der Waals surface area contributed by atoms with Crippen LogP contribution in [0, 0.1) is 5.92 Å². The molecule has 0 aliphatic carbocycles. The van der Waals surface area contributed by atoms with E-state index < -0.39 is 0 Å². The van der Waals surface area contributed by atoms with Gasteiger partial charge in [-0.2, -0.15) is 0 Å². The number of hydrogen-bond acceptors (Lipinski definition) is 1. The fourth-order valence-corrected chi connectivity index (χ4v) is 0.800. The Labute approximate surface area is 69.3 Å². The summed E-state index contributed by atoms with van der Waals surface area (Å²) < 4.78 is 0. The standard InChI is InChI=1S/C10H17N/c1-4-6-10(9(2)3)7-5-8-11/h4-9H,11H2,1-3H3/b6-4-,8-5+,10-7+. The van der Waals surface area contributed by atoms with E-state index in [1.807, 2.05) is 25.2 Å². The highest BCUT2D eigenvalue weighted by molar-refractivity contribution is 5.24. The van der Waals surface area contributed by atoms with Crippen molar-refractivity contribution in [2.45, 2.75) is 20.8 Å². The molecular formula is C10H17N. The Hall–Kier alpha value is -0.980. The fraction of sp³-hybridized carbons (Fsp3) is 0.400. The maximum atomic E-state index is 5.22. The van der Waals surface area contributed by atoms with Gasteiger partial charge in [-0.25, -0.2) is 0 Å². The molecule has 0 radical (unpaired) electrons. The smallest absolute Gasteiger partial charge is 0.00623 e. The first-order valence-corrected chi connectivity index (χ1v) is 3.93. The van der Waals surface area contributed by atoms with Crippen LogP contribution in [0.2, 0.25) is 0 Å². The lowest BCUT2D eigenvalue weighted by Crippen LogP contribution is -1.89. The molecule has 0 atom stereocenters. The van der Waals surface area contributed by atoms with Gasteiger partial charge in [0.05, 0.1) is 0 Å². The molecule has 0 aromatic rings. The summed E-state index contributed by atoms with van der Waals surface area (Å²) in [7, 11) is 0. The monoisotopic (exact) mass is 151 g/mol. The van der Waals surface area contributed by atoms with E-state index in [4.69, 9.17) is 5.73 Å². The molecule has 0 saturated heterocycles. The second-order valence-electron chi connectivity index (χ2n) is 2.71. The van der Waals surface area contributed by atoms with E-state index in [0.717, 1.165) is 0 Å². The third kappa shape index (κ3) is 4.43. The Morgan fingerprint density at radius 1 is 1.36 bits per heavy atom. The summed E-state index contributed by atoms with van der Waals surface area (Å²) in [6.07, 6.45) is 9.58. The lowest BCUT2D eigenvalue weighted by Gasteiger charge is -2.03. The number of nitrogens with two attached hydrogens (primary N) is 1. The lowest BCUT2D eigenvalue weighted by molar-refractivity contribution is 0.791. The first-order chi connectivity index (χ1) is 5.22. The van der Waals surface area contributed by atoms with Crippen molar-refractivity contribution in [3.63, 3.8) is 0 Å². The maximum Gasteiger partial charge on any atom is -0.00623 e. The minimum absolute atomic E-state index is 0.558. The molecule has 0 aromatic heterocycles.